The zero-order valence-electron chi connectivity index (χ0n) is 15.7. The van der Waals surface area contributed by atoms with Crippen LogP contribution in [0.5, 0.6) is 5.75 Å². The molecule has 140 valence electrons. The third kappa shape index (κ3) is 3.24. The molecule has 3 aromatic rings. The molecule has 0 unspecified atom stereocenters. The first kappa shape index (κ1) is 16.5. The van der Waals surface area contributed by atoms with E-state index in [0.29, 0.717) is 11.8 Å². The van der Waals surface area contributed by atoms with Gasteiger partial charge in [-0.1, -0.05) is 18.2 Å². The molecule has 1 aliphatic heterocycles. The van der Waals surface area contributed by atoms with E-state index >= 15 is 0 Å². The zero-order chi connectivity index (χ0) is 18.2. The minimum Gasteiger partial charge on any atom is -0.496 e. The first-order chi connectivity index (χ1) is 13.3. The molecule has 0 bridgehead atoms. The van der Waals surface area contributed by atoms with E-state index in [0.717, 1.165) is 42.5 Å². The molecule has 6 heteroatoms. The lowest BCUT2D eigenvalue weighted by atomic mass is 9.90. The van der Waals surface area contributed by atoms with Gasteiger partial charge in [-0.05, 0) is 61.8 Å². The fourth-order valence-corrected chi connectivity index (χ4v) is 4.11. The number of methoxy groups -OCH3 is 1. The SMILES string of the molecule is COc1ccccc1CC1CCN(c2ccc3nnc(C4CC4)n3n2)CC1. The van der Waals surface area contributed by atoms with Gasteiger partial charge in [0.1, 0.15) is 11.6 Å². The fourth-order valence-electron chi connectivity index (χ4n) is 4.11. The molecule has 1 saturated heterocycles. The lowest BCUT2D eigenvalue weighted by Crippen LogP contribution is -2.35. The van der Waals surface area contributed by atoms with Gasteiger partial charge in [0.15, 0.2) is 11.5 Å². The van der Waals surface area contributed by atoms with Crippen molar-refractivity contribution >= 4 is 11.5 Å². The summed E-state index contributed by atoms with van der Waals surface area (Å²) in [6, 6.07) is 12.5. The van der Waals surface area contributed by atoms with Gasteiger partial charge in [-0.25, -0.2) is 0 Å². The number of nitrogens with zero attached hydrogens (tertiary/aromatic N) is 5. The number of hydrogen-bond donors (Lipinski definition) is 0. The molecule has 1 aromatic carbocycles. The first-order valence-electron chi connectivity index (χ1n) is 9.91. The van der Waals surface area contributed by atoms with E-state index in [1.165, 1.54) is 31.2 Å². The number of ether oxygens (including phenoxy) is 1. The second-order valence-electron chi connectivity index (χ2n) is 7.74. The van der Waals surface area contributed by atoms with Gasteiger partial charge in [0.2, 0.25) is 0 Å². The van der Waals surface area contributed by atoms with Gasteiger partial charge in [-0.2, -0.15) is 4.52 Å². The second-order valence-corrected chi connectivity index (χ2v) is 7.74. The minimum atomic E-state index is 0.550. The van der Waals surface area contributed by atoms with Crippen molar-refractivity contribution in [2.75, 3.05) is 25.1 Å². The van der Waals surface area contributed by atoms with Gasteiger partial charge in [-0.3, -0.25) is 0 Å². The monoisotopic (exact) mass is 363 g/mol. The van der Waals surface area contributed by atoms with Crippen LogP contribution >= 0.6 is 0 Å². The summed E-state index contributed by atoms with van der Waals surface area (Å²) in [6.45, 7) is 2.08. The van der Waals surface area contributed by atoms with Crippen molar-refractivity contribution in [3.63, 3.8) is 0 Å². The van der Waals surface area contributed by atoms with Crippen LogP contribution in [-0.2, 0) is 6.42 Å². The molecule has 1 aliphatic carbocycles. The highest BCUT2D eigenvalue weighted by Crippen LogP contribution is 2.39. The van der Waals surface area contributed by atoms with E-state index in [2.05, 4.69) is 39.4 Å². The average molecular weight is 363 g/mol. The summed E-state index contributed by atoms with van der Waals surface area (Å²) in [5, 5.41) is 13.5. The maximum Gasteiger partial charge on any atom is 0.178 e. The number of hydrogen-bond acceptors (Lipinski definition) is 5. The van der Waals surface area contributed by atoms with Crippen LogP contribution in [0.15, 0.2) is 36.4 Å². The summed E-state index contributed by atoms with van der Waals surface area (Å²) >= 11 is 0. The number of anilines is 1. The average Bonchev–Trinajstić information content (AvgIpc) is 3.48. The standard InChI is InChI=1S/C21H25N5O/c1-27-18-5-3-2-4-17(18)14-15-10-12-25(13-11-15)20-9-8-19-22-23-21(16-6-7-16)26(19)24-20/h2-5,8-9,15-16H,6-7,10-14H2,1H3. The molecular weight excluding hydrogens is 338 g/mol. The van der Waals surface area contributed by atoms with E-state index < -0.39 is 0 Å². The molecule has 0 atom stereocenters. The van der Waals surface area contributed by atoms with Gasteiger partial charge in [0.05, 0.1) is 7.11 Å². The van der Waals surface area contributed by atoms with Gasteiger partial charge in [0, 0.05) is 19.0 Å². The Morgan fingerprint density at radius 2 is 1.81 bits per heavy atom. The Kier molecular flexibility index (Phi) is 4.19. The highest BCUT2D eigenvalue weighted by molar-refractivity contribution is 5.46. The summed E-state index contributed by atoms with van der Waals surface area (Å²) in [6.07, 6.45) is 5.86. The molecule has 6 nitrogen and oxygen atoms in total. The lowest BCUT2D eigenvalue weighted by molar-refractivity contribution is 0.380. The Morgan fingerprint density at radius 1 is 1.00 bits per heavy atom. The molecule has 0 amide bonds. The lowest BCUT2D eigenvalue weighted by Gasteiger charge is -2.33. The smallest absolute Gasteiger partial charge is 0.178 e. The van der Waals surface area contributed by atoms with Crippen molar-refractivity contribution < 1.29 is 4.74 Å². The molecule has 2 aliphatic rings. The number of piperidine rings is 1. The third-order valence-electron chi connectivity index (χ3n) is 5.85. The van der Waals surface area contributed by atoms with E-state index in [9.17, 15) is 0 Å². The number of benzene rings is 1. The van der Waals surface area contributed by atoms with E-state index in [-0.39, 0.29) is 0 Å². The number of aromatic nitrogens is 4. The maximum absolute atomic E-state index is 5.51. The Hall–Kier alpha value is -2.63. The van der Waals surface area contributed by atoms with E-state index in [1.54, 1.807) is 7.11 Å². The van der Waals surface area contributed by atoms with Gasteiger partial charge in [-0.15, -0.1) is 15.3 Å². The Labute approximate surface area is 159 Å². The van der Waals surface area contributed by atoms with Crippen molar-refractivity contribution in [2.24, 2.45) is 5.92 Å². The molecule has 2 fully saturated rings. The molecule has 2 aromatic heterocycles. The normalized spacial score (nSPS) is 18.2. The fraction of sp³-hybridized carbons (Fsp3) is 0.476. The predicted octanol–water partition coefficient (Wildman–Crippen LogP) is 3.47. The van der Waals surface area contributed by atoms with Crippen LogP contribution in [0, 0.1) is 5.92 Å². The first-order valence-corrected chi connectivity index (χ1v) is 9.91. The van der Waals surface area contributed by atoms with Crippen molar-refractivity contribution in [2.45, 2.75) is 38.0 Å². The summed E-state index contributed by atoms with van der Waals surface area (Å²) in [5.41, 5.74) is 2.17. The van der Waals surface area contributed by atoms with E-state index in [4.69, 9.17) is 9.84 Å². The Balaban J connectivity index is 1.27. The topological polar surface area (TPSA) is 55.5 Å². The second kappa shape index (κ2) is 6.83. The minimum absolute atomic E-state index is 0.550. The van der Waals surface area contributed by atoms with Crippen LogP contribution in [0.4, 0.5) is 5.82 Å². The Bertz CT molecular complexity index is 941. The molecule has 0 N–H and O–H groups in total. The summed E-state index contributed by atoms with van der Waals surface area (Å²) in [4.78, 5) is 2.40. The molecular formula is C21H25N5O. The number of para-hydroxylation sites is 1. The van der Waals surface area contributed by atoms with Crippen LogP contribution in [0.25, 0.3) is 5.65 Å². The highest BCUT2D eigenvalue weighted by atomic mass is 16.5. The molecule has 5 rings (SSSR count). The molecule has 3 heterocycles. The molecule has 0 radical (unpaired) electrons. The van der Waals surface area contributed by atoms with Crippen LogP contribution in [0.1, 0.15) is 43.0 Å². The Morgan fingerprint density at radius 3 is 2.59 bits per heavy atom. The molecule has 0 spiro atoms. The molecule has 1 saturated carbocycles. The van der Waals surface area contributed by atoms with Crippen molar-refractivity contribution in [3.8, 4) is 5.75 Å². The van der Waals surface area contributed by atoms with Crippen molar-refractivity contribution in [1.29, 1.82) is 0 Å². The summed E-state index contributed by atoms with van der Waals surface area (Å²) in [7, 11) is 1.75. The van der Waals surface area contributed by atoms with Crippen LogP contribution in [-0.4, -0.2) is 40.0 Å². The van der Waals surface area contributed by atoms with Crippen LogP contribution in [0.2, 0.25) is 0 Å². The van der Waals surface area contributed by atoms with Crippen molar-refractivity contribution in [1.82, 2.24) is 19.8 Å². The summed E-state index contributed by atoms with van der Waals surface area (Å²) in [5.74, 6) is 4.32. The third-order valence-corrected chi connectivity index (χ3v) is 5.85. The van der Waals surface area contributed by atoms with Gasteiger partial charge in [0.25, 0.3) is 0 Å². The largest absolute Gasteiger partial charge is 0.496 e. The van der Waals surface area contributed by atoms with Crippen LogP contribution in [0.3, 0.4) is 0 Å². The number of rotatable bonds is 5. The maximum atomic E-state index is 5.51. The number of fused-ring (bicyclic) bond motifs is 1. The predicted molar refractivity (Wildman–Crippen MR) is 104 cm³/mol. The van der Waals surface area contributed by atoms with E-state index in [1.807, 2.05) is 16.6 Å². The highest BCUT2D eigenvalue weighted by Gasteiger charge is 2.29. The molecule has 27 heavy (non-hydrogen) atoms. The van der Waals surface area contributed by atoms with Crippen molar-refractivity contribution in [3.05, 3.63) is 47.8 Å². The van der Waals surface area contributed by atoms with Crippen LogP contribution < -0.4 is 9.64 Å². The van der Waals surface area contributed by atoms with Gasteiger partial charge < -0.3 is 9.64 Å². The van der Waals surface area contributed by atoms with Gasteiger partial charge >= 0.3 is 0 Å². The zero-order valence-corrected chi connectivity index (χ0v) is 15.7. The quantitative estimate of drug-likeness (QED) is 0.695. The summed E-state index contributed by atoms with van der Waals surface area (Å²) < 4.78 is 7.46.